The number of ether oxygens (including phenoxy) is 3. The summed E-state index contributed by atoms with van der Waals surface area (Å²) in [6, 6.07) is 11.5. The van der Waals surface area contributed by atoms with Gasteiger partial charge in [-0.15, -0.1) is 0 Å². The number of aromatic hydroxyl groups is 1. The van der Waals surface area contributed by atoms with Gasteiger partial charge < -0.3 is 19.3 Å². The number of methoxy groups -OCH3 is 3. The third-order valence-corrected chi connectivity index (χ3v) is 4.71. The maximum absolute atomic E-state index is 12.4. The molecular formula is C21H20N4O6S. The van der Waals surface area contributed by atoms with Crippen molar-refractivity contribution in [3.8, 4) is 28.8 Å². The van der Waals surface area contributed by atoms with Gasteiger partial charge in [-0.1, -0.05) is 18.2 Å². The summed E-state index contributed by atoms with van der Waals surface area (Å²) in [5.74, 6) is 0.0138. The molecule has 2 aromatic carbocycles. The molecule has 0 saturated heterocycles. The van der Waals surface area contributed by atoms with E-state index in [1.54, 1.807) is 42.5 Å². The van der Waals surface area contributed by atoms with Gasteiger partial charge in [0, 0.05) is 17.7 Å². The number of carbonyl (C=O) groups is 1. The predicted octanol–water partition coefficient (Wildman–Crippen LogP) is 2.39. The fourth-order valence-electron chi connectivity index (χ4n) is 2.90. The van der Waals surface area contributed by atoms with Gasteiger partial charge in [-0.25, -0.2) is 5.43 Å². The highest BCUT2D eigenvalue weighted by molar-refractivity contribution is 7.71. The molecule has 0 radical (unpaired) electrons. The van der Waals surface area contributed by atoms with Gasteiger partial charge in [0.2, 0.25) is 11.6 Å². The molecule has 0 aliphatic heterocycles. The van der Waals surface area contributed by atoms with Crippen LogP contribution in [0.15, 0.2) is 52.4 Å². The molecule has 1 aromatic heterocycles. The summed E-state index contributed by atoms with van der Waals surface area (Å²) in [7, 11) is 4.35. The van der Waals surface area contributed by atoms with Crippen molar-refractivity contribution in [2.75, 3.05) is 21.3 Å². The molecule has 0 aliphatic rings. The van der Waals surface area contributed by atoms with Crippen LogP contribution >= 0.6 is 12.2 Å². The molecule has 11 heteroatoms. The van der Waals surface area contributed by atoms with Crippen LogP contribution in [0.5, 0.6) is 23.1 Å². The van der Waals surface area contributed by atoms with E-state index in [1.165, 1.54) is 25.9 Å². The topological polar surface area (TPSA) is 127 Å². The van der Waals surface area contributed by atoms with E-state index in [1.807, 2.05) is 0 Å². The van der Waals surface area contributed by atoms with Crippen molar-refractivity contribution in [3.05, 3.63) is 68.7 Å². The summed E-state index contributed by atoms with van der Waals surface area (Å²) >= 11 is 5.23. The van der Waals surface area contributed by atoms with E-state index < -0.39 is 17.3 Å². The molecule has 0 aliphatic carbocycles. The lowest BCUT2D eigenvalue weighted by atomic mass is 10.2. The van der Waals surface area contributed by atoms with E-state index in [4.69, 9.17) is 26.4 Å². The van der Waals surface area contributed by atoms with Crippen LogP contribution in [0.2, 0.25) is 0 Å². The van der Waals surface area contributed by atoms with Crippen molar-refractivity contribution in [1.29, 1.82) is 0 Å². The number of amides is 1. The highest BCUT2D eigenvalue weighted by Crippen LogP contribution is 2.40. The maximum Gasteiger partial charge on any atom is 0.271 e. The fraction of sp³-hybridized carbons (Fsp3) is 0.143. The van der Waals surface area contributed by atoms with Gasteiger partial charge >= 0.3 is 0 Å². The Kier molecular flexibility index (Phi) is 6.90. The lowest BCUT2D eigenvalue weighted by Gasteiger charge is -2.16. The van der Waals surface area contributed by atoms with Crippen LogP contribution in [-0.2, 0) is 0 Å². The quantitative estimate of drug-likeness (QED) is 0.283. The molecule has 3 N–H and O–H groups in total. The van der Waals surface area contributed by atoms with Crippen LogP contribution in [0.3, 0.4) is 0 Å². The minimum absolute atomic E-state index is 0.0766. The second kappa shape index (κ2) is 9.79. The van der Waals surface area contributed by atoms with Gasteiger partial charge in [0.1, 0.15) is 5.56 Å². The Morgan fingerprint density at radius 2 is 1.75 bits per heavy atom. The van der Waals surface area contributed by atoms with Crippen molar-refractivity contribution in [2.45, 2.75) is 0 Å². The normalized spacial score (nSPS) is 10.7. The number of benzene rings is 2. The number of aromatic amines is 1. The Balaban J connectivity index is 2.03. The first kappa shape index (κ1) is 22.6. The standard InChI is InChI=1S/C21H20N4O6S/c1-29-15-9-13(10-16(30-2)17(15)31-3)25-20(28)14(19(27)23-21(25)32)11-22-24-18(26)12-7-5-4-6-8-12/h4-11,28H,1-3H3,(H,24,26)(H,23,27,32). The van der Waals surface area contributed by atoms with Crippen LogP contribution in [0.4, 0.5) is 0 Å². The van der Waals surface area contributed by atoms with Gasteiger partial charge in [0.15, 0.2) is 16.3 Å². The minimum atomic E-state index is -0.686. The summed E-state index contributed by atoms with van der Waals surface area (Å²) < 4.78 is 17.1. The van der Waals surface area contributed by atoms with Crippen LogP contribution < -0.4 is 25.2 Å². The van der Waals surface area contributed by atoms with E-state index in [0.29, 0.717) is 28.5 Å². The number of rotatable bonds is 7. The molecule has 0 atom stereocenters. The van der Waals surface area contributed by atoms with Gasteiger partial charge in [-0.2, -0.15) is 5.10 Å². The summed E-state index contributed by atoms with van der Waals surface area (Å²) in [5, 5.41) is 14.6. The highest BCUT2D eigenvalue weighted by atomic mass is 32.1. The van der Waals surface area contributed by atoms with Gasteiger partial charge in [0.05, 0.1) is 33.2 Å². The average Bonchev–Trinajstić information content (AvgIpc) is 2.80. The van der Waals surface area contributed by atoms with Gasteiger partial charge in [-0.3, -0.25) is 19.1 Å². The third kappa shape index (κ3) is 4.47. The predicted molar refractivity (Wildman–Crippen MR) is 120 cm³/mol. The Hall–Kier alpha value is -4.12. The van der Waals surface area contributed by atoms with Crippen LogP contribution in [0, 0.1) is 4.77 Å². The second-order valence-corrected chi connectivity index (χ2v) is 6.67. The second-order valence-electron chi connectivity index (χ2n) is 6.28. The monoisotopic (exact) mass is 456 g/mol. The zero-order chi connectivity index (χ0) is 23.3. The van der Waals surface area contributed by atoms with Crippen LogP contribution in [0.1, 0.15) is 15.9 Å². The molecule has 0 bridgehead atoms. The molecule has 3 aromatic rings. The molecule has 1 amide bonds. The molecule has 0 spiro atoms. The maximum atomic E-state index is 12.4. The number of nitrogens with one attached hydrogen (secondary N) is 2. The lowest BCUT2D eigenvalue weighted by Crippen LogP contribution is -2.21. The molecule has 0 fully saturated rings. The lowest BCUT2D eigenvalue weighted by molar-refractivity contribution is 0.0955. The number of carbonyl (C=O) groups excluding carboxylic acids is 1. The van der Waals surface area contributed by atoms with E-state index in [-0.39, 0.29) is 10.3 Å². The first-order valence-corrected chi connectivity index (χ1v) is 9.59. The zero-order valence-corrected chi connectivity index (χ0v) is 18.2. The van der Waals surface area contributed by atoms with E-state index in [2.05, 4.69) is 15.5 Å². The summed E-state index contributed by atoms with van der Waals surface area (Å²) in [4.78, 5) is 26.9. The largest absolute Gasteiger partial charge is 0.494 e. The van der Waals surface area contributed by atoms with E-state index >= 15 is 0 Å². The molecular weight excluding hydrogens is 436 g/mol. The smallest absolute Gasteiger partial charge is 0.271 e. The molecule has 1 heterocycles. The molecule has 0 saturated carbocycles. The first-order valence-electron chi connectivity index (χ1n) is 9.18. The number of H-pyrrole nitrogens is 1. The van der Waals surface area contributed by atoms with Gasteiger partial charge in [0.25, 0.3) is 11.5 Å². The van der Waals surface area contributed by atoms with Crippen molar-refractivity contribution < 1.29 is 24.1 Å². The number of hydrogen-bond donors (Lipinski definition) is 3. The van der Waals surface area contributed by atoms with Gasteiger partial charge in [-0.05, 0) is 24.4 Å². The van der Waals surface area contributed by atoms with Crippen molar-refractivity contribution in [2.24, 2.45) is 5.10 Å². The minimum Gasteiger partial charge on any atom is -0.494 e. The van der Waals surface area contributed by atoms with Crippen molar-refractivity contribution in [3.63, 3.8) is 0 Å². The highest BCUT2D eigenvalue weighted by Gasteiger charge is 2.18. The number of aromatic nitrogens is 2. The average molecular weight is 456 g/mol. The first-order chi connectivity index (χ1) is 15.4. The summed E-state index contributed by atoms with van der Waals surface area (Å²) in [5.41, 5.74) is 2.11. The van der Waals surface area contributed by atoms with E-state index in [0.717, 1.165) is 6.21 Å². The Bertz CT molecular complexity index is 1260. The van der Waals surface area contributed by atoms with E-state index in [9.17, 15) is 14.7 Å². The fourth-order valence-corrected chi connectivity index (χ4v) is 3.18. The molecule has 3 rings (SSSR count). The Labute approximate surface area is 187 Å². The molecule has 10 nitrogen and oxygen atoms in total. The number of nitrogens with zero attached hydrogens (tertiary/aromatic N) is 2. The van der Waals surface area contributed by atoms with Crippen LogP contribution in [-0.4, -0.2) is 48.1 Å². The summed E-state index contributed by atoms with van der Waals surface area (Å²) in [6.45, 7) is 0. The number of hydrogen-bond acceptors (Lipinski definition) is 8. The zero-order valence-electron chi connectivity index (χ0n) is 17.4. The molecule has 166 valence electrons. The van der Waals surface area contributed by atoms with Crippen molar-refractivity contribution >= 4 is 24.3 Å². The number of hydrazone groups is 1. The molecule has 32 heavy (non-hydrogen) atoms. The van der Waals surface area contributed by atoms with Crippen molar-refractivity contribution in [1.82, 2.24) is 15.0 Å². The third-order valence-electron chi connectivity index (χ3n) is 4.42. The van der Waals surface area contributed by atoms with Crippen LogP contribution in [0.25, 0.3) is 5.69 Å². The Morgan fingerprint density at radius 1 is 1.12 bits per heavy atom. The molecule has 0 unspecified atom stereocenters. The Morgan fingerprint density at radius 3 is 2.31 bits per heavy atom. The SMILES string of the molecule is COc1cc(-n2c(O)c(C=NNC(=O)c3ccccc3)c(=O)[nH]c2=S)cc(OC)c1OC. The summed E-state index contributed by atoms with van der Waals surface area (Å²) in [6.07, 6.45) is 1.03.